The minimum atomic E-state index is -3.47. The number of rotatable bonds is 8. The lowest BCUT2D eigenvalue weighted by Crippen LogP contribution is -2.49. The summed E-state index contributed by atoms with van der Waals surface area (Å²) in [5.41, 5.74) is 1.56. The van der Waals surface area contributed by atoms with Crippen LogP contribution < -0.4 is 9.62 Å². The number of amides is 1. The van der Waals surface area contributed by atoms with Crippen LogP contribution in [0.4, 0.5) is 11.4 Å². The predicted octanol–water partition coefficient (Wildman–Crippen LogP) is 2.32. The average Bonchev–Trinajstić information content (AvgIpc) is 3.61. The summed E-state index contributed by atoms with van der Waals surface area (Å²) in [7, 11) is -3.47. The summed E-state index contributed by atoms with van der Waals surface area (Å²) >= 11 is 0. The monoisotopic (exact) mass is 458 g/mol. The topological polar surface area (TPSA) is 113 Å². The molecular formula is C22H26N4O5S. The first-order valence-corrected chi connectivity index (χ1v) is 12.2. The van der Waals surface area contributed by atoms with Crippen molar-refractivity contribution in [1.82, 2.24) is 9.62 Å². The van der Waals surface area contributed by atoms with Crippen molar-refractivity contribution in [2.24, 2.45) is 0 Å². The van der Waals surface area contributed by atoms with E-state index in [9.17, 15) is 23.3 Å². The number of nitrogens with zero attached hydrogens (tertiary/aromatic N) is 3. The molecule has 0 atom stereocenters. The summed E-state index contributed by atoms with van der Waals surface area (Å²) < 4.78 is 27.1. The number of sulfonamides is 1. The number of carbonyl (C=O) groups is 1. The van der Waals surface area contributed by atoms with Gasteiger partial charge in [-0.05, 0) is 43.0 Å². The molecule has 10 heteroatoms. The lowest BCUT2D eigenvalue weighted by atomic mass is 10.1. The molecule has 170 valence electrons. The van der Waals surface area contributed by atoms with Crippen molar-refractivity contribution in [2.75, 3.05) is 31.1 Å². The Bertz CT molecular complexity index is 1090. The zero-order valence-electron chi connectivity index (χ0n) is 17.6. The molecule has 32 heavy (non-hydrogen) atoms. The number of benzene rings is 2. The highest BCUT2D eigenvalue weighted by Crippen LogP contribution is 2.28. The number of nitrogens with one attached hydrogen (secondary N) is 1. The Morgan fingerprint density at radius 3 is 2.31 bits per heavy atom. The average molecular weight is 459 g/mol. The van der Waals surface area contributed by atoms with E-state index < -0.39 is 10.0 Å². The summed E-state index contributed by atoms with van der Waals surface area (Å²) in [6, 6.07) is 13.4. The molecule has 2 fully saturated rings. The standard InChI is InChI=1S/C22H26N4O5S/c27-22(12-7-17-5-10-19(11-6-17)32(30,31)23-18-8-9-18)25-15-13-24(14-16-25)20-3-1-2-4-21(20)26(28)29/h1-6,10-11,18,23H,7-9,12-16H2. The maximum atomic E-state index is 12.6. The second-order valence-electron chi connectivity index (χ2n) is 8.15. The predicted molar refractivity (Wildman–Crippen MR) is 120 cm³/mol. The molecule has 1 aliphatic heterocycles. The molecule has 0 spiro atoms. The van der Waals surface area contributed by atoms with E-state index >= 15 is 0 Å². The minimum Gasteiger partial charge on any atom is -0.362 e. The van der Waals surface area contributed by atoms with Crippen molar-refractivity contribution in [2.45, 2.75) is 36.6 Å². The number of para-hydroxylation sites is 2. The molecule has 1 amide bonds. The van der Waals surface area contributed by atoms with Gasteiger partial charge in [0.1, 0.15) is 5.69 Å². The maximum absolute atomic E-state index is 12.6. The molecule has 1 aliphatic carbocycles. The zero-order valence-corrected chi connectivity index (χ0v) is 18.5. The summed E-state index contributed by atoms with van der Waals surface area (Å²) in [5, 5.41) is 11.3. The van der Waals surface area contributed by atoms with Gasteiger partial charge < -0.3 is 9.80 Å². The fourth-order valence-corrected chi connectivity index (χ4v) is 5.12. The Balaban J connectivity index is 1.28. The molecule has 0 bridgehead atoms. The molecular weight excluding hydrogens is 432 g/mol. The number of carbonyl (C=O) groups excluding carboxylic acids is 1. The van der Waals surface area contributed by atoms with Gasteiger partial charge >= 0.3 is 0 Å². The SMILES string of the molecule is O=C(CCc1ccc(S(=O)(=O)NC2CC2)cc1)N1CCN(c2ccccc2[N+](=O)[O-])CC1. The van der Waals surface area contributed by atoms with E-state index in [4.69, 9.17) is 0 Å². The highest BCUT2D eigenvalue weighted by Gasteiger charge is 2.28. The Morgan fingerprint density at radius 2 is 1.69 bits per heavy atom. The first-order valence-electron chi connectivity index (χ1n) is 10.7. The van der Waals surface area contributed by atoms with E-state index in [0.717, 1.165) is 18.4 Å². The number of nitro groups is 1. The van der Waals surface area contributed by atoms with Crippen molar-refractivity contribution in [3.63, 3.8) is 0 Å². The number of hydrogen-bond acceptors (Lipinski definition) is 6. The van der Waals surface area contributed by atoms with Gasteiger partial charge in [0.15, 0.2) is 0 Å². The smallest absolute Gasteiger partial charge is 0.292 e. The van der Waals surface area contributed by atoms with Gasteiger partial charge in [0.25, 0.3) is 5.69 Å². The van der Waals surface area contributed by atoms with E-state index in [0.29, 0.717) is 44.7 Å². The summed E-state index contributed by atoms with van der Waals surface area (Å²) in [6.07, 6.45) is 2.63. The van der Waals surface area contributed by atoms with Gasteiger partial charge in [-0.25, -0.2) is 13.1 Å². The Labute approximate surface area is 187 Å². The van der Waals surface area contributed by atoms with Crippen LogP contribution in [0.1, 0.15) is 24.8 Å². The molecule has 1 saturated carbocycles. The van der Waals surface area contributed by atoms with Crippen LogP contribution in [-0.2, 0) is 21.2 Å². The van der Waals surface area contributed by atoms with Crippen LogP contribution >= 0.6 is 0 Å². The lowest BCUT2D eigenvalue weighted by Gasteiger charge is -2.35. The molecule has 1 heterocycles. The number of aryl methyl sites for hydroxylation is 1. The summed E-state index contributed by atoms with van der Waals surface area (Å²) in [6.45, 7) is 2.10. The third-order valence-electron chi connectivity index (χ3n) is 5.81. The molecule has 2 aromatic carbocycles. The summed E-state index contributed by atoms with van der Waals surface area (Å²) in [4.78, 5) is 27.5. The molecule has 0 unspecified atom stereocenters. The number of piperazine rings is 1. The molecule has 1 N–H and O–H groups in total. The van der Waals surface area contributed by atoms with Crippen LogP contribution in [-0.4, -0.2) is 56.4 Å². The fourth-order valence-electron chi connectivity index (χ4n) is 3.82. The van der Waals surface area contributed by atoms with E-state index in [1.807, 2.05) is 4.90 Å². The van der Waals surface area contributed by atoms with E-state index in [1.165, 1.54) is 6.07 Å². The Hall–Kier alpha value is -2.98. The molecule has 9 nitrogen and oxygen atoms in total. The van der Waals surface area contributed by atoms with Crippen molar-refractivity contribution >= 4 is 27.3 Å². The minimum absolute atomic E-state index is 0.0271. The van der Waals surface area contributed by atoms with E-state index in [2.05, 4.69) is 4.72 Å². The Morgan fingerprint density at radius 1 is 1.03 bits per heavy atom. The quantitative estimate of drug-likeness (QED) is 0.480. The highest BCUT2D eigenvalue weighted by atomic mass is 32.2. The van der Waals surface area contributed by atoms with E-state index in [-0.39, 0.29) is 27.5 Å². The van der Waals surface area contributed by atoms with E-state index in [1.54, 1.807) is 47.4 Å². The van der Waals surface area contributed by atoms with Gasteiger partial charge in [0.05, 0.1) is 9.82 Å². The van der Waals surface area contributed by atoms with Crippen LogP contribution in [0.5, 0.6) is 0 Å². The van der Waals surface area contributed by atoms with Crippen LogP contribution in [0.15, 0.2) is 53.4 Å². The van der Waals surface area contributed by atoms with Crippen LogP contribution in [0.3, 0.4) is 0 Å². The molecule has 2 aromatic rings. The Kier molecular flexibility index (Phi) is 6.43. The molecule has 0 radical (unpaired) electrons. The summed E-state index contributed by atoms with van der Waals surface area (Å²) in [5.74, 6) is 0.0271. The van der Waals surface area contributed by atoms with Crippen LogP contribution in [0.2, 0.25) is 0 Å². The van der Waals surface area contributed by atoms with Gasteiger partial charge in [0, 0.05) is 44.7 Å². The fraction of sp³-hybridized carbons (Fsp3) is 0.409. The largest absolute Gasteiger partial charge is 0.362 e. The van der Waals surface area contributed by atoms with Crippen molar-refractivity contribution in [3.05, 3.63) is 64.2 Å². The zero-order chi connectivity index (χ0) is 22.7. The number of hydrogen-bond donors (Lipinski definition) is 1. The van der Waals surface area contributed by atoms with Crippen molar-refractivity contribution in [3.8, 4) is 0 Å². The van der Waals surface area contributed by atoms with Crippen LogP contribution in [0.25, 0.3) is 0 Å². The van der Waals surface area contributed by atoms with Crippen molar-refractivity contribution < 1.29 is 18.1 Å². The first-order chi connectivity index (χ1) is 15.3. The lowest BCUT2D eigenvalue weighted by molar-refractivity contribution is -0.384. The third-order valence-corrected chi connectivity index (χ3v) is 7.35. The first kappa shape index (κ1) is 22.2. The van der Waals surface area contributed by atoms with Gasteiger partial charge in [0.2, 0.25) is 15.9 Å². The highest BCUT2D eigenvalue weighted by molar-refractivity contribution is 7.89. The maximum Gasteiger partial charge on any atom is 0.292 e. The van der Waals surface area contributed by atoms with Gasteiger partial charge in [-0.3, -0.25) is 14.9 Å². The van der Waals surface area contributed by atoms with Crippen LogP contribution in [0, 0.1) is 10.1 Å². The second-order valence-corrected chi connectivity index (χ2v) is 9.87. The van der Waals surface area contributed by atoms with Gasteiger partial charge in [-0.1, -0.05) is 24.3 Å². The molecule has 0 aromatic heterocycles. The molecule has 4 rings (SSSR count). The third kappa shape index (κ3) is 5.25. The number of nitro benzene ring substituents is 1. The van der Waals surface area contributed by atoms with Gasteiger partial charge in [-0.2, -0.15) is 0 Å². The van der Waals surface area contributed by atoms with Gasteiger partial charge in [-0.15, -0.1) is 0 Å². The second kappa shape index (κ2) is 9.25. The normalized spacial score (nSPS) is 16.8. The number of anilines is 1. The van der Waals surface area contributed by atoms with Crippen molar-refractivity contribution in [1.29, 1.82) is 0 Å². The molecule has 1 saturated heterocycles. The molecule has 2 aliphatic rings.